The molecule has 1 atom stereocenters. The fourth-order valence-electron chi connectivity index (χ4n) is 1.50. The van der Waals surface area contributed by atoms with Crippen molar-refractivity contribution in [2.45, 2.75) is 13.0 Å². The third kappa shape index (κ3) is 2.32. The van der Waals surface area contributed by atoms with Crippen molar-refractivity contribution in [1.29, 1.82) is 0 Å². The number of fused-ring (bicyclic) bond motifs is 1. The molecule has 1 heterocycles. The minimum absolute atomic E-state index is 0.116. The summed E-state index contributed by atoms with van der Waals surface area (Å²) in [7, 11) is 0. The summed E-state index contributed by atoms with van der Waals surface area (Å²) in [4.78, 5) is 11.5. The van der Waals surface area contributed by atoms with Crippen LogP contribution in [-0.4, -0.2) is 30.5 Å². The second-order valence-electron chi connectivity index (χ2n) is 3.76. The van der Waals surface area contributed by atoms with Crippen molar-refractivity contribution in [3.8, 4) is 11.5 Å². The van der Waals surface area contributed by atoms with Gasteiger partial charge in [0.25, 0.3) is 5.91 Å². The number of hydrogen-bond acceptors (Lipinski definition) is 5. The summed E-state index contributed by atoms with van der Waals surface area (Å²) in [6.07, 6.45) is -1.21. The van der Waals surface area contributed by atoms with E-state index in [1.807, 2.05) is 6.92 Å². The van der Waals surface area contributed by atoms with Crippen molar-refractivity contribution in [2.75, 3.05) is 18.7 Å². The van der Waals surface area contributed by atoms with Crippen LogP contribution in [0.25, 0.3) is 0 Å². The first-order valence-electron chi connectivity index (χ1n) is 5.21. The van der Waals surface area contributed by atoms with Gasteiger partial charge in [0.15, 0.2) is 11.5 Å². The van der Waals surface area contributed by atoms with Gasteiger partial charge in [-0.15, -0.1) is 0 Å². The van der Waals surface area contributed by atoms with E-state index >= 15 is 0 Å². The minimum atomic E-state index is -1.21. The third-order valence-corrected chi connectivity index (χ3v) is 2.50. The highest BCUT2D eigenvalue weighted by molar-refractivity contribution is 5.95. The van der Waals surface area contributed by atoms with Gasteiger partial charge in [-0.1, -0.05) is 0 Å². The molecule has 0 fully saturated rings. The van der Waals surface area contributed by atoms with Crippen molar-refractivity contribution in [3.63, 3.8) is 0 Å². The number of anilines is 1. The number of aliphatic hydroxyl groups is 1. The summed E-state index contributed by atoms with van der Waals surface area (Å²) in [6.45, 7) is 1.89. The fraction of sp³-hybridized carbons (Fsp3) is 0.364. The summed E-state index contributed by atoms with van der Waals surface area (Å²) in [5, 5.41) is 11.9. The lowest BCUT2D eigenvalue weighted by Crippen LogP contribution is -2.34. The standard InChI is InChI=1S/C11H14N2O4/c1-6-2-9-10(17-5-16-9)3-7(6)13-11(15)8(14)4-12/h2-3,8,14H,4-5,12H2,1H3,(H,13,15). The van der Waals surface area contributed by atoms with Crippen LogP contribution < -0.4 is 20.5 Å². The number of aryl methyl sites for hydroxylation is 1. The van der Waals surface area contributed by atoms with Crippen molar-refractivity contribution < 1.29 is 19.4 Å². The molecular formula is C11H14N2O4. The molecule has 0 aliphatic carbocycles. The highest BCUT2D eigenvalue weighted by Crippen LogP contribution is 2.36. The Morgan fingerprint density at radius 1 is 1.53 bits per heavy atom. The highest BCUT2D eigenvalue weighted by atomic mass is 16.7. The van der Waals surface area contributed by atoms with Crippen LogP contribution >= 0.6 is 0 Å². The largest absolute Gasteiger partial charge is 0.454 e. The van der Waals surface area contributed by atoms with Crippen LogP contribution in [0.4, 0.5) is 5.69 Å². The summed E-state index contributed by atoms with van der Waals surface area (Å²) in [5.41, 5.74) is 6.60. The van der Waals surface area contributed by atoms with Crippen molar-refractivity contribution in [3.05, 3.63) is 17.7 Å². The lowest BCUT2D eigenvalue weighted by molar-refractivity contribution is -0.123. The minimum Gasteiger partial charge on any atom is -0.454 e. The van der Waals surface area contributed by atoms with Crippen molar-refractivity contribution >= 4 is 11.6 Å². The van der Waals surface area contributed by atoms with E-state index in [0.29, 0.717) is 17.2 Å². The third-order valence-electron chi connectivity index (χ3n) is 2.50. The van der Waals surface area contributed by atoms with E-state index < -0.39 is 12.0 Å². The lowest BCUT2D eigenvalue weighted by atomic mass is 10.1. The zero-order chi connectivity index (χ0) is 12.4. The predicted octanol–water partition coefficient (Wildman–Crippen LogP) is -0.0182. The molecule has 6 nitrogen and oxygen atoms in total. The van der Waals surface area contributed by atoms with Crippen LogP contribution in [0.3, 0.4) is 0 Å². The van der Waals surface area contributed by atoms with Gasteiger partial charge in [-0.2, -0.15) is 0 Å². The van der Waals surface area contributed by atoms with E-state index in [-0.39, 0.29) is 13.3 Å². The topological polar surface area (TPSA) is 93.8 Å². The number of carbonyl (C=O) groups excluding carboxylic acids is 1. The van der Waals surface area contributed by atoms with Crippen LogP contribution in [-0.2, 0) is 4.79 Å². The van der Waals surface area contributed by atoms with Crippen molar-refractivity contribution in [1.82, 2.24) is 0 Å². The number of nitrogens with one attached hydrogen (secondary N) is 1. The Bertz CT molecular complexity index is 447. The molecular weight excluding hydrogens is 224 g/mol. The molecule has 1 unspecified atom stereocenters. The van der Waals surface area contributed by atoms with Gasteiger partial charge in [0.2, 0.25) is 6.79 Å². The molecule has 6 heteroatoms. The molecule has 1 aromatic rings. The molecule has 0 saturated carbocycles. The second-order valence-corrected chi connectivity index (χ2v) is 3.76. The number of benzene rings is 1. The SMILES string of the molecule is Cc1cc2c(cc1NC(=O)C(O)CN)OCO2. The highest BCUT2D eigenvalue weighted by Gasteiger charge is 2.18. The quantitative estimate of drug-likeness (QED) is 0.688. The maximum atomic E-state index is 11.5. The van der Waals surface area contributed by atoms with Crippen LogP contribution in [0.2, 0.25) is 0 Å². The molecule has 4 N–H and O–H groups in total. The van der Waals surface area contributed by atoms with Gasteiger partial charge in [0.1, 0.15) is 6.10 Å². The lowest BCUT2D eigenvalue weighted by Gasteiger charge is -2.12. The van der Waals surface area contributed by atoms with Gasteiger partial charge >= 0.3 is 0 Å². The maximum absolute atomic E-state index is 11.5. The molecule has 0 saturated heterocycles. The van der Waals surface area contributed by atoms with Gasteiger partial charge in [-0.25, -0.2) is 0 Å². The number of carbonyl (C=O) groups is 1. The molecule has 0 radical (unpaired) electrons. The first-order valence-corrected chi connectivity index (χ1v) is 5.21. The molecule has 0 spiro atoms. The summed E-state index contributed by atoms with van der Waals surface area (Å²) in [5.74, 6) is 0.697. The zero-order valence-corrected chi connectivity index (χ0v) is 9.40. The van der Waals surface area contributed by atoms with E-state index in [2.05, 4.69) is 5.32 Å². The average molecular weight is 238 g/mol. The molecule has 92 valence electrons. The zero-order valence-electron chi connectivity index (χ0n) is 9.40. The Morgan fingerprint density at radius 2 is 2.18 bits per heavy atom. The first kappa shape index (κ1) is 11.7. The van der Waals surface area contributed by atoms with E-state index in [1.54, 1.807) is 12.1 Å². The number of aliphatic hydroxyl groups excluding tert-OH is 1. The first-order chi connectivity index (χ1) is 8.11. The smallest absolute Gasteiger partial charge is 0.254 e. The van der Waals surface area contributed by atoms with Crippen LogP contribution in [0.5, 0.6) is 11.5 Å². The number of nitrogens with two attached hydrogens (primary N) is 1. The van der Waals surface area contributed by atoms with E-state index in [4.69, 9.17) is 15.2 Å². The van der Waals surface area contributed by atoms with Gasteiger partial charge in [0, 0.05) is 18.3 Å². The van der Waals surface area contributed by atoms with Crippen LogP contribution in [0.1, 0.15) is 5.56 Å². The molecule has 1 aromatic carbocycles. The van der Waals surface area contributed by atoms with Gasteiger partial charge in [-0.05, 0) is 18.6 Å². The van der Waals surface area contributed by atoms with E-state index in [0.717, 1.165) is 5.56 Å². The van der Waals surface area contributed by atoms with Crippen molar-refractivity contribution in [2.24, 2.45) is 5.73 Å². The van der Waals surface area contributed by atoms with E-state index in [9.17, 15) is 9.90 Å². The number of ether oxygens (including phenoxy) is 2. The normalized spacial score (nSPS) is 14.5. The maximum Gasteiger partial charge on any atom is 0.254 e. The average Bonchev–Trinajstić information content (AvgIpc) is 2.75. The second kappa shape index (κ2) is 4.60. The van der Waals surface area contributed by atoms with Gasteiger partial charge < -0.3 is 25.6 Å². The van der Waals surface area contributed by atoms with Crippen LogP contribution in [0, 0.1) is 6.92 Å². The molecule has 2 rings (SSSR count). The summed E-state index contributed by atoms with van der Waals surface area (Å²) < 4.78 is 10.4. The van der Waals surface area contributed by atoms with Crippen LogP contribution in [0.15, 0.2) is 12.1 Å². The Balaban J connectivity index is 2.19. The Morgan fingerprint density at radius 3 is 2.82 bits per heavy atom. The predicted molar refractivity (Wildman–Crippen MR) is 61.0 cm³/mol. The number of hydrogen-bond donors (Lipinski definition) is 3. The molecule has 0 bridgehead atoms. The molecule has 0 aromatic heterocycles. The Kier molecular flexibility index (Phi) is 3.16. The van der Waals surface area contributed by atoms with E-state index in [1.165, 1.54) is 0 Å². The number of rotatable bonds is 3. The number of amides is 1. The summed E-state index contributed by atoms with van der Waals surface area (Å²) >= 11 is 0. The monoisotopic (exact) mass is 238 g/mol. The van der Waals surface area contributed by atoms with Gasteiger partial charge in [0.05, 0.1) is 0 Å². The molecule has 1 aliphatic heterocycles. The fourth-order valence-corrected chi connectivity index (χ4v) is 1.50. The van der Waals surface area contributed by atoms with Gasteiger partial charge in [-0.3, -0.25) is 4.79 Å². The summed E-state index contributed by atoms with van der Waals surface area (Å²) in [6, 6.07) is 3.44. The molecule has 1 aliphatic rings. The Hall–Kier alpha value is -1.79. The molecule has 1 amide bonds. The Labute approximate surface area is 98.3 Å². The molecule has 17 heavy (non-hydrogen) atoms.